The Morgan fingerprint density at radius 2 is 1.96 bits per heavy atom. The van der Waals surface area contributed by atoms with Crippen LogP contribution in [0.2, 0.25) is 0 Å². The number of hydrogen-bond donors (Lipinski definition) is 1. The first-order valence-corrected chi connectivity index (χ1v) is 8.66. The molecule has 0 aliphatic rings. The van der Waals surface area contributed by atoms with E-state index >= 15 is 0 Å². The second-order valence-electron chi connectivity index (χ2n) is 5.20. The van der Waals surface area contributed by atoms with Crippen molar-refractivity contribution in [1.82, 2.24) is 15.2 Å². The number of ketones is 1. The lowest BCUT2D eigenvalue weighted by atomic mass is 10.1. The van der Waals surface area contributed by atoms with Crippen molar-refractivity contribution in [3.05, 3.63) is 59.9 Å². The van der Waals surface area contributed by atoms with Gasteiger partial charge >= 0.3 is 0 Å². The molecule has 0 amide bonds. The zero-order valence-electron chi connectivity index (χ0n) is 13.5. The van der Waals surface area contributed by atoms with Gasteiger partial charge in [-0.25, -0.2) is 9.37 Å². The van der Waals surface area contributed by atoms with Gasteiger partial charge in [0, 0.05) is 5.75 Å². The SMILES string of the molecule is CC(=O)c1ccccc1OCCSc1n[nH]c(-c2ccccc2F)n1. The van der Waals surface area contributed by atoms with E-state index < -0.39 is 0 Å². The number of carbonyl (C=O) groups excluding carboxylic acids is 1. The molecule has 3 aromatic rings. The number of halogens is 1. The van der Waals surface area contributed by atoms with Crippen molar-refractivity contribution in [3.8, 4) is 17.1 Å². The Morgan fingerprint density at radius 1 is 1.20 bits per heavy atom. The average Bonchev–Trinajstić information content (AvgIpc) is 3.08. The smallest absolute Gasteiger partial charge is 0.208 e. The normalized spacial score (nSPS) is 10.6. The highest BCUT2D eigenvalue weighted by Gasteiger charge is 2.11. The van der Waals surface area contributed by atoms with Crippen LogP contribution in [0.25, 0.3) is 11.4 Å². The van der Waals surface area contributed by atoms with Gasteiger partial charge in [0.1, 0.15) is 11.6 Å². The Labute approximate surface area is 148 Å². The van der Waals surface area contributed by atoms with Crippen LogP contribution in [-0.4, -0.2) is 33.3 Å². The van der Waals surface area contributed by atoms with E-state index in [1.165, 1.54) is 24.8 Å². The zero-order valence-corrected chi connectivity index (χ0v) is 14.3. The number of benzene rings is 2. The van der Waals surface area contributed by atoms with Crippen LogP contribution in [0.5, 0.6) is 5.75 Å². The first kappa shape index (κ1) is 17.2. The number of ether oxygens (including phenoxy) is 1. The summed E-state index contributed by atoms with van der Waals surface area (Å²) in [5.74, 6) is 1.17. The van der Waals surface area contributed by atoms with Crippen LogP contribution in [0.4, 0.5) is 4.39 Å². The molecule has 1 aromatic heterocycles. The Hall–Kier alpha value is -2.67. The number of nitrogens with zero attached hydrogens (tertiary/aromatic N) is 2. The maximum Gasteiger partial charge on any atom is 0.208 e. The van der Waals surface area contributed by atoms with Crippen LogP contribution in [0.3, 0.4) is 0 Å². The van der Waals surface area contributed by atoms with Gasteiger partial charge < -0.3 is 4.74 Å². The number of nitrogens with one attached hydrogen (secondary N) is 1. The molecular weight excluding hydrogens is 341 g/mol. The quantitative estimate of drug-likeness (QED) is 0.393. The minimum Gasteiger partial charge on any atom is -0.492 e. The molecule has 0 radical (unpaired) electrons. The molecule has 0 aliphatic carbocycles. The van der Waals surface area contributed by atoms with Gasteiger partial charge in [-0.05, 0) is 31.2 Å². The number of aromatic amines is 1. The average molecular weight is 357 g/mol. The van der Waals surface area contributed by atoms with E-state index in [1.807, 2.05) is 6.07 Å². The molecular formula is C18H16FN3O2S. The van der Waals surface area contributed by atoms with E-state index in [4.69, 9.17) is 4.74 Å². The highest BCUT2D eigenvalue weighted by molar-refractivity contribution is 7.99. The van der Waals surface area contributed by atoms with E-state index in [-0.39, 0.29) is 11.6 Å². The zero-order chi connectivity index (χ0) is 17.6. The molecule has 3 rings (SSSR count). The monoisotopic (exact) mass is 357 g/mol. The summed E-state index contributed by atoms with van der Waals surface area (Å²) in [5.41, 5.74) is 0.945. The number of hydrogen-bond acceptors (Lipinski definition) is 5. The van der Waals surface area contributed by atoms with Crippen LogP contribution in [0.1, 0.15) is 17.3 Å². The lowest BCUT2D eigenvalue weighted by Gasteiger charge is -2.08. The van der Waals surface area contributed by atoms with Gasteiger partial charge in [-0.1, -0.05) is 36.0 Å². The van der Waals surface area contributed by atoms with Gasteiger partial charge in [-0.3, -0.25) is 9.89 Å². The number of rotatable bonds is 7. The van der Waals surface area contributed by atoms with Crippen molar-refractivity contribution in [3.63, 3.8) is 0 Å². The summed E-state index contributed by atoms with van der Waals surface area (Å²) in [6, 6.07) is 13.5. The molecule has 0 saturated heterocycles. The molecule has 2 aromatic carbocycles. The Kier molecular flexibility index (Phi) is 5.45. The lowest BCUT2D eigenvalue weighted by molar-refractivity contribution is 0.101. The number of H-pyrrole nitrogens is 1. The molecule has 25 heavy (non-hydrogen) atoms. The highest BCUT2D eigenvalue weighted by Crippen LogP contribution is 2.22. The molecule has 0 aliphatic heterocycles. The van der Waals surface area contributed by atoms with Crippen molar-refractivity contribution in [1.29, 1.82) is 0 Å². The predicted octanol–water partition coefficient (Wildman–Crippen LogP) is 3.98. The number of para-hydroxylation sites is 1. The third-order valence-electron chi connectivity index (χ3n) is 3.43. The van der Waals surface area contributed by atoms with Crippen molar-refractivity contribution in [2.24, 2.45) is 0 Å². The van der Waals surface area contributed by atoms with E-state index in [2.05, 4.69) is 15.2 Å². The fraction of sp³-hybridized carbons (Fsp3) is 0.167. The van der Waals surface area contributed by atoms with Crippen LogP contribution in [0, 0.1) is 5.82 Å². The molecule has 0 spiro atoms. The molecule has 0 atom stereocenters. The lowest BCUT2D eigenvalue weighted by Crippen LogP contribution is -2.04. The summed E-state index contributed by atoms with van der Waals surface area (Å²) in [5, 5.41) is 7.33. The fourth-order valence-electron chi connectivity index (χ4n) is 2.25. The summed E-state index contributed by atoms with van der Waals surface area (Å²) < 4.78 is 19.4. The first-order valence-electron chi connectivity index (χ1n) is 7.68. The van der Waals surface area contributed by atoms with Crippen molar-refractivity contribution in [2.75, 3.05) is 12.4 Å². The van der Waals surface area contributed by atoms with Crippen molar-refractivity contribution < 1.29 is 13.9 Å². The molecule has 0 fully saturated rings. The van der Waals surface area contributed by atoms with E-state index in [1.54, 1.807) is 36.4 Å². The fourth-order valence-corrected chi connectivity index (χ4v) is 2.87. The Balaban J connectivity index is 1.56. The molecule has 1 N–H and O–H groups in total. The molecule has 0 unspecified atom stereocenters. The summed E-state index contributed by atoms with van der Waals surface area (Å²) in [7, 11) is 0. The van der Waals surface area contributed by atoms with Gasteiger partial charge in [0.2, 0.25) is 5.16 Å². The summed E-state index contributed by atoms with van der Waals surface area (Å²) in [4.78, 5) is 15.8. The van der Waals surface area contributed by atoms with E-state index in [0.717, 1.165) is 0 Å². The van der Waals surface area contributed by atoms with Gasteiger partial charge in [0.25, 0.3) is 0 Å². The van der Waals surface area contributed by atoms with Crippen molar-refractivity contribution in [2.45, 2.75) is 12.1 Å². The molecule has 0 saturated carbocycles. The number of Topliss-reactive ketones (excluding diaryl/α,β-unsaturated/α-hetero) is 1. The minimum atomic E-state index is -0.348. The van der Waals surface area contributed by atoms with Crippen LogP contribution in [0.15, 0.2) is 53.7 Å². The number of thioether (sulfide) groups is 1. The molecule has 128 valence electrons. The third kappa shape index (κ3) is 4.24. The van der Waals surface area contributed by atoms with Crippen molar-refractivity contribution >= 4 is 17.5 Å². The van der Waals surface area contributed by atoms with Crippen LogP contribution < -0.4 is 4.74 Å². The molecule has 7 heteroatoms. The predicted molar refractivity (Wildman–Crippen MR) is 94.4 cm³/mol. The maximum atomic E-state index is 13.7. The van der Waals surface area contributed by atoms with E-state index in [9.17, 15) is 9.18 Å². The molecule has 0 bridgehead atoms. The maximum absolute atomic E-state index is 13.7. The van der Waals surface area contributed by atoms with E-state index in [0.29, 0.717) is 40.2 Å². The summed E-state index contributed by atoms with van der Waals surface area (Å²) >= 11 is 1.39. The summed E-state index contributed by atoms with van der Waals surface area (Å²) in [6.45, 7) is 1.91. The summed E-state index contributed by atoms with van der Waals surface area (Å²) in [6.07, 6.45) is 0. The van der Waals surface area contributed by atoms with Gasteiger partial charge in [-0.15, -0.1) is 5.10 Å². The first-order chi connectivity index (χ1) is 12.1. The largest absolute Gasteiger partial charge is 0.492 e. The number of carbonyl (C=O) groups is 1. The van der Waals surface area contributed by atoms with Gasteiger partial charge in [-0.2, -0.15) is 0 Å². The highest BCUT2D eigenvalue weighted by atomic mass is 32.2. The topological polar surface area (TPSA) is 67.9 Å². The van der Waals surface area contributed by atoms with Crippen LogP contribution >= 0.6 is 11.8 Å². The number of aromatic nitrogens is 3. The standard InChI is InChI=1S/C18H16FN3O2S/c1-12(23)13-6-3-5-9-16(13)24-10-11-25-18-20-17(21-22-18)14-7-2-4-8-15(14)19/h2-9H,10-11H2,1H3,(H,20,21,22). The molecule has 5 nitrogen and oxygen atoms in total. The van der Waals surface area contributed by atoms with Gasteiger partial charge in [0.05, 0.1) is 17.7 Å². The molecule has 1 heterocycles. The second kappa shape index (κ2) is 7.94. The van der Waals surface area contributed by atoms with Gasteiger partial charge in [0.15, 0.2) is 11.6 Å². The Bertz CT molecular complexity index is 882. The minimum absolute atomic E-state index is 0.0354. The Morgan fingerprint density at radius 3 is 2.76 bits per heavy atom. The second-order valence-corrected chi connectivity index (χ2v) is 6.26. The third-order valence-corrected chi connectivity index (χ3v) is 4.24. The van der Waals surface area contributed by atoms with Crippen LogP contribution in [-0.2, 0) is 0 Å².